The van der Waals surface area contributed by atoms with E-state index in [9.17, 15) is 4.79 Å². The number of amides is 1. The van der Waals surface area contributed by atoms with Gasteiger partial charge in [-0.2, -0.15) is 0 Å². The van der Waals surface area contributed by atoms with Gasteiger partial charge in [-0.1, -0.05) is 33.6 Å². The maximum atomic E-state index is 12.2. The molecule has 0 saturated heterocycles. The second-order valence-corrected chi connectivity index (χ2v) is 5.96. The van der Waals surface area contributed by atoms with Gasteiger partial charge in [0.25, 0.3) is 5.91 Å². The number of carbonyl (C=O) groups excluding carboxylic acids is 1. The largest absolute Gasteiger partial charge is 0.397 e. The van der Waals surface area contributed by atoms with Crippen molar-refractivity contribution in [1.29, 1.82) is 0 Å². The molecular formula is C13H9Br2ClN2O. The molecule has 0 spiro atoms. The third-order valence-electron chi connectivity index (χ3n) is 2.46. The molecule has 3 N–H and O–H groups in total. The summed E-state index contributed by atoms with van der Waals surface area (Å²) in [6.45, 7) is 0. The summed E-state index contributed by atoms with van der Waals surface area (Å²) in [5.41, 5.74) is 7.13. The van der Waals surface area contributed by atoms with Gasteiger partial charge in [0.05, 0.1) is 22.0 Å². The van der Waals surface area contributed by atoms with E-state index in [0.29, 0.717) is 26.4 Å². The molecule has 2 aromatic rings. The van der Waals surface area contributed by atoms with Crippen LogP contribution < -0.4 is 11.1 Å². The van der Waals surface area contributed by atoms with Crippen molar-refractivity contribution in [2.75, 3.05) is 11.1 Å². The lowest BCUT2D eigenvalue weighted by atomic mass is 10.2. The standard InChI is InChI=1S/C13H9Br2ClN2O/c14-7-4-5-9(15)8(6-7)13(19)18-12-10(16)2-1-3-11(12)17/h1-6H,17H2,(H,18,19). The Kier molecular flexibility index (Phi) is 4.50. The minimum absolute atomic E-state index is 0.284. The molecule has 0 saturated carbocycles. The minimum Gasteiger partial charge on any atom is -0.397 e. The Morgan fingerprint density at radius 2 is 1.95 bits per heavy atom. The summed E-state index contributed by atoms with van der Waals surface area (Å²) in [6, 6.07) is 10.4. The number of rotatable bonds is 2. The molecule has 2 aromatic carbocycles. The molecule has 98 valence electrons. The molecule has 0 bridgehead atoms. The topological polar surface area (TPSA) is 55.1 Å². The second-order valence-electron chi connectivity index (χ2n) is 3.78. The Morgan fingerprint density at radius 3 is 2.63 bits per heavy atom. The van der Waals surface area contributed by atoms with Crippen molar-refractivity contribution in [3.63, 3.8) is 0 Å². The summed E-state index contributed by atoms with van der Waals surface area (Å²) in [6.07, 6.45) is 0. The van der Waals surface area contributed by atoms with Gasteiger partial charge in [0.2, 0.25) is 0 Å². The molecule has 2 rings (SSSR count). The number of para-hydroxylation sites is 1. The minimum atomic E-state index is -0.284. The summed E-state index contributed by atoms with van der Waals surface area (Å²) in [5, 5.41) is 3.12. The Balaban J connectivity index is 2.34. The van der Waals surface area contributed by atoms with E-state index in [1.165, 1.54) is 0 Å². The van der Waals surface area contributed by atoms with Crippen LogP contribution in [-0.2, 0) is 0 Å². The first-order valence-electron chi connectivity index (χ1n) is 5.29. The number of carbonyl (C=O) groups is 1. The van der Waals surface area contributed by atoms with Crippen LogP contribution in [0.15, 0.2) is 45.3 Å². The molecule has 0 aliphatic rings. The fourth-order valence-corrected chi connectivity index (χ4v) is 2.54. The van der Waals surface area contributed by atoms with E-state index >= 15 is 0 Å². The highest BCUT2D eigenvalue weighted by Crippen LogP contribution is 2.29. The molecule has 3 nitrogen and oxygen atoms in total. The van der Waals surface area contributed by atoms with Crippen LogP contribution in [0, 0.1) is 0 Å². The lowest BCUT2D eigenvalue weighted by Gasteiger charge is -2.11. The predicted octanol–water partition coefficient (Wildman–Crippen LogP) is 4.70. The van der Waals surface area contributed by atoms with Crippen LogP contribution in [0.4, 0.5) is 11.4 Å². The molecule has 0 unspecified atom stereocenters. The summed E-state index contributed by atoms with van der Waals surface area (Å²) < 4.78 is 1.51. The van der Waals surface area contributed by atoms with Crippen molar-refractivity contribution < 1.29 is 4.79 Å². The first-order valence-corrected chi connectivity index (χ1v) is 7.26. The van der Waals surface area contributed by atoms with Gasteiger partial charge < -0.3 is 11.1 Å². The fourth-order valence-electron chi connectivity index (χ4n) is 1.53. The number of halogens is 3. The first kappa shape index (κ1) is 14.4. The number of nitrogens with two attached hydrogens (primary N) is 1. The van der Waals surface area contributed by atoms with Crippen LogP contribution in [-0.4, -0.2) is 5.91 Å². The van der Waals surface area contributed by atoms with E-state index in [0.717, 1.165) is 4.47 Å². The molecule has 19 heavy (non-hydrogen) atoms. The van der Waals surface area contributed by atoms with Gasteiger partial charge in [0.15, 0.2) is 0 Å². The molecule has 0 aliphatic heterocycles. The number of anilines is 2. The summed E-state index contributed by atoms with van der Waals surface area (Å²) in [5.74, 6) is -0.284. The van der Waals surface area contributed by atoms with E-state index in [-0.39, 0.29) is 5.91 Å². The van der Waals surface area contributed by atoms with Gasteiger partial charge in [-0.15, -0.1) is 0 Å². The van der Waals surface area contributed by atoms with E-state index in [2.05, 4.69) is 37.2 Å². The van der Waals surface area contributed by atoms with Gasteiger partial charge >= 0.3 is 0 Å². The van der Waals surface area contributed by atoms with Crippen molar-refractivity contribution in [2.24, 2.45) is 0 Å². The molecule has 1 amide bonds. The normalized spacial score (nSPS) is 10.3. The van der Waals surface area contributed by atoms with Crippen LogP contribution in [0.25, 0.3) is 0 Å². The third kappa shape index (κ3) is 3.29. The maximum absolute atomic E-state index is 12.2. The zero-order valence-corrected chi connectivity index (χ0v) is 13.5. The van der Waals surface area contributed by atoms with Crippen LogP contribution in [0.3, 0.4) is 0 Å². The molecule has 0 radical (unpaired) electrons. The van der Waals surface area contributed by atoms with Gasteiger partial charge in [0, 0.05) is 8.95 Å². The highest BCUT2D eigenvalue weighted by atomic mass is 79.9. The quantitative estimate of drug-likeness (QED) is 0.713. The van der Waals surface area contributed by atoms with Crippen LogP contribution >= 0.6 is 43.5 Å². The number of benzene rings is 2. The van der Waals surface area contributed by atoms with Crippen LogP contribution in [0.5, 0.6) is 0 Å². The Morgan fingerprint density at radius 1 is 1.21 bits per heavy atom. The van der Waals surface area contributed by atoms with Gasteiger partial charge in [-0.25, -0.2) is 0 Å². The predicted molar refractivity (Wildman–Crippen MR) is 85.7 cm³/mol. The Labute approximate surface area is 132 Å². The fraction of sp³-hybridized carbons (Fsp3) is 0. The number of nitrogen functional groups attached to an aromatic ring is 1. The van der Waals surface area contributed by atoms with Gasteiger partial charge in [-0.05, 0) is 46.3 Å². The molecule has 0 heterocycles. The molecule has 6 heteroatoms. The zero-order chi connectivity index (χ0) is 14.0. The summed E-state index contributed by atoms with van der Waals surface area (Å²) >= 11 is 12.7. The lowest BCUT2D eigenvalue weighted by molar-refractivity contribution is 0.102. The van der Waals surface area contributed by atoms with Crippen molar-refractivity contribution in [2.45, 2.75) is 0 Å². The molecular weight excluding hydrogens is 395 g/mol. The zero-order valence-electron chi connectivity index (χ0n) is 9.58. The van der Waals surface area contributed by atoms with E-state index in [4.69, 9.17) is 17.3 Å². The van der Waals surface area contributed by atoms with Crippen molar-refractivity contribution in [3.8, 4) is 0 Å². The van der Waals surface area contributed by atoms with Gasteiger partial charge in [0.1, 0.15) is 0 Å². The highest BCUT2D eigenvalue weighted by Gasteiger charge is 2.14. The monoisotopic (exact) mass is 402 g/mol. The van der Waals surface area contributed by atoms with Crippen molar-refractivity contribution in [3.05, 3.63) is 55.9 Å². The lowest BCUT2D eigenvalue weighted by Crippen LogP contribution is -2.14. The second kappa shape index (κ2) is 5.94. The van der Waals surface area contributed by atoms with E-state index in [1.807, 2.05) is 6.07 Å². The smallest absolute Gasteiger partial charge is 0.256 e. The van der Waals surface area contributed by atoms with Crippen LogP contribution in [0.2, 0.25) is 5.02 Å². The van der Waals surface area contributed by atoms with E-state index < -0.39 is 0 Å². The molecule has 0 fully saturated rings. The van der Waals surface area contributed by atoms with Gasteiger partial charge in [-0.3, -0.25) is 4.79 Å². The van der Waals surface area contributed by atoms with Crippen molar-refractivity contribution in [1.82, 2.24) is 0 Å². The average molecular weight is 404 g/mol. The maximum Gasteiger partial charge on any atom is 0.256 e. The molecule has 0 aromatic heterocycles. The SMILES string of the molecule is Nc1cccc(Cl)c1NC(=O)c1cc(Br)ccc1Br. The van der Waals surface area contributed by atoms with Crippen LogP contribution in [0.1, 0.15) is 10.4 Å². The van der Waals surface area contributed by atoms with E-state index in [1.54, 1.807) is 30.3 Å². The Hall–Kier alpha value is -1.04. The number of hydrogen-bond donors (Lipinski definition) is 2. The summed E-state index contributed by atoms with van der Waals surface area (Å²) in [7, 11) is 0. The average Bonchev–Trinajstić information content (AvgIpc) is 2.37. The third-order valence-corrected chi connectivity index (χ3v) is 3.96. The number of hydrogen-bond acceptors (Lipinski definition) is 2. The highest BCUT2D eigenvalue weighted by molar-refractivity contribution is 9.11. The molecule has 0 aliphatic carbocycles. The first-order chi connectivity index (χ1) is 8.99. The molecule has 0 atom stereocenters. The summed E-state index contributed by atoms with van der Waals surface area (Å²) in [4.78, 5) is 12.2. The van der Waals surface area contributed by atoms with Crippen molar-refractivity contribution >= 4 is 60.7 Å². The number of nitrogens with one attached hydrogen (secondary N) is 1. The Bertz CT molecular complexity index is 626.